The van der Waals surface area contributed by atoms with Gasteiger partial charge in [0.15, 0.2) is 0 Å². The zero-order chi connectivity index (χ0) is 14.5. The Labute approximate surface area is 119 Å². The molecule has 0 aliphatic heterocycles. The molecule has 1 aromatic heterocycles. The summed E-state index contributed by atoms with van der Waals surface area (Å²) in [5.41, 5.74) is 2.21. The van der Waals surface area contributed by atoms with Crippen LogP contribution in [0.2, 0.25) is 0 Å². The van der Waals surface area contributed by atoms with E-state index >= 15 is 0 Å². The molecule has 0 spiro atoms. The first kappa shape index (κ1) is 14.6. The third kappa shape index (κ3) is 3.62. The third-order valence-corrected chi connectivity index (χ3v) is 4.09. The number of nitrogens with zero attached hydrogens (tertiary/aromatic N) is 1. The number of aryl methyl sites for hydroxylation is 1. The lowest BCUT2D eigenvalue weighted by molar-refractivity contribution is -0.128. The first-order chi connectivity index (χ1) is 9.58. The highest BCUT2D eigenvalue weighted by Crippen LogP contribution is 2.24. The summed E-state index contributed by atoms with van der Waals surface area (Å²) in [5, 5.41) is 5.55. The molecule has 0 bridgehead atoms. The van der Waals surface area contributed by atoms with Crippen molar-refractivity contribution in [2.75, 3.05) is 6.54 Å². The minimum atomic E-state index is -0.143. The van der Waals surface area contributed by atoms with Gasteiger partial charge in [0.1, 0.15) is 0 Å². The number of nitrogens with one attached hydrogen (secondary N) is 2. The molecule has 1 saturated carbocycles. The summed E-state index contributed by atoms with van der Waals surface area (Å²) in [6, 6.07) is 4.01. The highest BCUT2D eigenvalue weighted by molar-refractivity contribution is 5.85. The monoisotopic (exact) mass is 277 g/mol. The largest absolute Gasteiger partial charge is 0.350 e. The summed E-state index contributed by atoms with van der Waals surface area (Å²) in [6.45, 7) is 2.58. The van der Waals surface area contributed by atoms with E-state index in [0.29, 0.717) is 6.54 Å². The van der Waals surface area contributed by atoms with E-state index in [-0.39, 0.29) is 24.3 Å². The molecule has 0 aromatic carbocycles. The molecular weight excluding hydrogens is 254 g/mol. The number of carbonyl (C=O) groups excluding carboxylic acids is 2. The van der Waals surface area contributed by atoms with Crippen LogP contribution in [-0.2, 0) is 23.2 Å². The fraction of sp³-hybridized carbons (Fsp3) is 0.600. The Morgan fingerprint density at radius 1 is 1.25 bits per heavy atom. The van der Waals surface area contributed by atoms with Crippen molar-refractivity contribution in [1.82, 2.24) is 15.2 Å². The van der Waals surface area contributed by atoms with E-state index in [1.807, 2.05) is 30.7 Å². The van der Waals surface area contributed by atoms with Crippen LogP contribution in [0.1, 0.15) is 37.1 Å². The van der Waals surface area contributed by atoms with Crippen molar-refractivity contribution in [3.8, 4) is 0 Å². The predicted octanol–water partition coefficient (Wildman–Crippen LogP) is 1.26. The van der Waals surface area contributed by atoms with Crippen LogP contribution in [0.5, 0.6) is 0 Å². The number of aromatic nitrogens is 1. The number of amides is 2. The summed E-state index contributed by atoms with van der Waals surface area (Å²) in [7, 11) is 1.97. The van der Waals surface area contributed by atoms with Gasteiger partial charge in [-0.05, 0) is 31.9 Å². The molecule has 2 rings (SSSR count). The van der Waals surface area contributed by atoms with Gasteiger partial charge in [0.05, 0.1) is 13.1 Å². The molecular formula is C15H23N3O2. The van der Waals surface area contributed by atoms with Crippen molar-refractivity contribution in [1.29, 1.82) is 0 Å². The van der Waals surface area contributed by atoms with Crippen molar-refractivity contribution in [3.05, 3.63) is 23.5 Å². The maximum Gasteiger partial charge on any atom is 0.239 e. The molecule has 5 nitrogen and oxygen atoms in total. The molecule has 0 saturated heterocycles. The highest BCUT2D eigenvalue weighted by Gasteiger charge is 2.22. The van der Waals surface area contributed by atoms with E-state index in [0.717, 1.165) is 37.1 Å². The van der Waals surface area contributed by atoms with E-state index in [1.165, 1.54) is 0 Å². The SMILES string of the molecule is Cc1ccc(CNC(=O)CNC(=O)C2CCCC2)n1C. The van der Waals surface area contributed by atoms with Gasteiger partial charge in [0.25, 0.3) is 0 Å². The fourth-order valence-electron chi connectivity index (χ4n) is 2.60. The van der Waals surface area contributed by atoms with E-state index in [9.17, 15) is 9.59 Å². The third-order valence-electron chi connectivity index (χ3n) is 4.09. The summed E-state index contributed by atoms with van der Waals surface area (Å²) in [6.07, 6.45) is 4.15. The highest BCUT2D eigenvalue weighted by atomic mass is 16.2. The van der Waals surface area contributed by atoms with Gasteiger partial charge in [0, 0.05) is 24.4 Å². The first-order valence-corrected chi connectivity index (χ1v) is 7.23. The number of hydrogen-bond acceptors (Lipinski definition) is 2. The Morgan fingerprint density at radius 3 is 2.55 bits per heavy atom. The zero-order valence-electron chi connectivity index (χ0n) is 12.2. The molecule has 5 heteroatoms. The maximum absolute atomic E-state index is 11.8. The Kier molecular flexibility index (Phi) is 4.82. The van der Waals surface area contributed by atoms with Crippen LogP contribution in [-0.4, -0.2) is 22.9 Å². The number of rotatable bonds is 5. The van der Waals surface area contributed by atoms with Gasteiger partial charge in [-0.1, -0.05) is 12.8 Å². The lowest BCUT2D eigenvalue weighted by atomic mass is 10.1. The average molecular weight is 277 g/mol. The molecule has 0 radical (unpaired) electrons. The van der Waals surface area contributed by atoms with Gasteiger partial charge < -0.3 is 15.2 Å². The van der Waals surface area contributed by atoms with Gasteiger partial charge in [-0.2, -0.15) is 0 Å². The van der Waals surface area contributed by atoms with Crippen molar-refractivity contribution in [3.63, 3.8) is 0 Å². The van der Waals surface area contributed by atoms with Crippen LogP contribution in [0.25, 0.3) is 0 Å². The Morgan fingerprint density at radius 2 is 1.95 bits per heavy atom. The van der Waals surface area contributed by atoms with Crippen LogP contribution in [0.4, 0.5) is 0 Å². The predicted molar refractivity (Wildman–Crippen MR) is 77.0 cm³/mol. The van der Waals surface area contributed by atoms with E-state index in [2.05, 4.69) is 10.6 Å². The lowest BCUT2D eigenvalue weighted by Gasteiger charge is -2.11. The number of hydrogen-bond donors (Lipinski definition) is 2. The van der Waals surface area contributed by atoms with Crippen molar-refractivity contribution in [2.45, 2.75) is 39.2 Å². The van der Waals surface area contributed by atoms with E-state index < -0.39 is 0 Å². The Hall–Kier alpha value is -1.78. The molecule has 2 amide bonds. The second-order valence-corrected chi connectivity index (χ2v) is 5.50. The molecule has 1 aliphatic rings. The van der Waals surface area contributed by atoms with Crippen LogP contribution in [0.3, 0.4) is 0 Å². The maximum atomic E-state index is 11.8. The summed E-state index contributed by atoms with van der Waals surface area (Å²) < 4.78 is 2.04. The van der Waals surface area contributed by atoms with Crippen LogP contribution in [0.15, 0.2) is 12.1 Å². The molecule has 1 fully saturated rings. The van der Waals surface area contributed by atoms with Crippen molar-refractivity contribution in [2.24, 2.45) is 13.0 Å². The molecule has 1 aromatic rings. The quantitative estimate of drug-likeness (QED) is 0.851. The first-order valence-electron chi connectivity index (χ1n) is 7.23. The molecule has 110 valence electrons. The van der Waals surface area contributed by atoms with E-state index in [1.54, 1.807) is 0 Å². The van der Waals surface area contributed by atoms with Gasteiger partial charge >= 0.3 is 0 Å². The zero-order valence-corrected chi connectivity index (χ0v) is 12.2. The fourth-order valence-corrected chi connectivity index (χ4v) is 2.60. The minimum Gasteiger partial charge on any atom is -0.350 e. The summed E-state index contributed by atoms with van der Waals surface area (Å²) >= 11 is 0. The Bertz CT molecular complexity index is 487. The minimum absolute atomic E-state index is 0.0207. The van der Waals surface area contributed by atoms with E-state index in [4.69, 9.17) is 0 Å². The van der Waals surface area contributed by atoms with Crippen LogP contribution >= 0.6 is 0 Å². The van der Waals surface area contributed by atoms with Crippen molar-refractivity contribution < 1.29 is 9.59 Å². The standard InChI is InChI=1S/C15H23N3O2/c1-11-7-8-13(18(11)2)9-16-14(19)10-17-15(20)12-5-3-4-6-12/h7-8,12H,3-6,9-10H2,1-2H3,(H,16,19)(H,17,20). The average Bonchev–Trinajstić information content (AvgIpc) is 3.06. The van der Waals surface area contributed by atoms with Gasteiger partial charge in [0.2, 0.25) is 11.8 Å². The van der Waals surface area contributed by atoms with Gasteiger partial charge in [-0.15, -0.1) is 0 Å². The molecule has 0 atom stereocenters. The Balaban J connectivity index is 1.70. The molecule has 1 aliphatic carbocycles. The topological polar surface area (TPSA) is 63.1 Å². The molecule has 1 heterocycles. The van der Waals surface area contributed by atoms with Crippen LogP contribution in [0, 0.1) is 12.8 Å². The molecule has 0 unspecified atom stereocenters. The van der Waals surface area contributed by atoms with Gasteiger partial charge in [-0.25, -0.2) is 0 Å². The second kappa shape index (κ2) is 6.59. The normalized spacial score (nSPS) is 15.3. The lowest BCUT2D eigenvalue weighted by Crippen LogP contribution is -2.39. The van der Waals surface area contributed by atoms with Gasteiger partial charge in [-0.3, -0.25) is 9.59 Å². The summed E-state index contributed by atoms with van der Waals surface area (Å²) in [4.78, 5) is 23.5. The van der Waals surface area contributed by atoms with Crippen molar-refractivity contribution >= 4 is 11.8 Å². The van der Waals surface area contributed by atoms with Crippen LogP contribution < -0.4 is 10.6 Å². The second-order valence-electron chi connectivity index (χ2n) is 5.50. The molecule has 2 N–H and O–H groups in total. The molecule has 20 heavy (non-hydrogen) atoms. The smallest absolute Gasteiger partial charge is 0.239 e. The number of carbonyl (C=O) groups is 2. The summed E-state index contributed by atoms with van der Waals surface area (Å²) in [5.74, 6) is -0.0131.